The first kappa shape index (κ1) is 20.8. The molecule has 0 unspecified atom stereocenters. The standard InChI is InChI=1S/C20H26N2O4S/c1-15-9-11-18(12-10-15)26-14-17(3)21-20(23)13-22(27(4,24)25)19-8-6-5-7-16(19)2/h5-12,17H,13-14H2,1-4H3,(H,21,23)/t17-/m1/s1. The van der Waals surface area contributed by atoms with E-state index in [1.807, 2.05) is 57.2 Å². The van der Waals surface area contributed by atoms with E-state index in [0.29, 0.717) is 5.69 Å². The van der Waals surface area contributed by atoms with Crippen molar-refractivity contribution < 1.29 is 17.9 Å². The Kier molecular flexibility index (Phi) is 6.85. The molecule has 2 aromatic carbocycles. The van der Waals surface area contributed by atoms with Gasteiger partial charge in [-0.2, -0.15) is 0 Å². The van der Waals surface area contributed by atoms with Crippen molar-refractivity contribution in [3.8, 4) is 5.75 Å². The van der Waals surface area contributed by atoms with Crippen molar-refractivity contribution in [1.29, 1.82) is 0 Å². The van der Waals surface area contributed by atoms with Gasteiger partial charge in [0.05, 0.1) is 18.0 Å². The van der Waals surface area contributed by atoms with E-state index < -0.39 is 10.0 Å². The molecule has 6 nitrogen and oxygen atoms in total. The molecule has 0 bridgehead atoms. The van der Waals surface area contributed by atoms with Gasteiger partial charge in [-0.25, -0.2) is 8.42 Å². The number of aryl methyl sites for hydroxylation is 2. The molecule has 0 aliphatic rings. The predicted octanol–water partition coefficient (Wildman–Crippen LogP) is 2.65. The van der Waals surface area contributed by atoms with Crippen molar-refractivity contribution in [1.82, 2.24) is 5.32 Å². The van der Waals surface area contributed by atoms with E-state index in [1.54, 1.807) is 12.1 Å². The molecule has 0 fully saturated rings. The Hall–Kier alpha value is -2.54. The molecule has 1 atom stereocenters. The number of nitrogens with zero attached hydrogens (tertiary/aromatic N) is 1. The molecule has 1 amide bonds. The zero-order valence-electron chi connectivity index (χ0n) is 16.1. The second kappa shape index (κ2) is 8.90. The molecule has 0 saturated heterocycles. The van der Waals surface area contributed by atoms with Gasteiger partial charge in [-0.3, -0.25) is 9.10 Å². The first-order chi connectivity index (χ1) is 12.7. The lowest BCUT2D eigenvalue weighted by Gasteiger charge is -2.24. The second-order valence-electron chi connectivity index (χ2n) is 6.65. The van der Waals surface area contributed by atoms with Crippen LogP contribution in [-0.2, 0) is 14.8 Å². The number of carbonyl (C=O) groups is 1. The summed E-state index contributed by atoms with van der Waals surface area (Å²) >= 11 is 0. The predicted molar refractivity (Wildman–Crippen MR) is 108 cm³/mol. The fourth-order valence-corrected chi connectivity index (χ4v) is 3.49. The van der Waals surface area contributed by atoms with E-state index in [1.165, 1.54) is 0 Å². The summed E-state index contributed by atoms with van der Waals surface area (Å²) in [6.07, 6.45) is 1.09. The zero-order valence-corrected chi connectivity index (χ0v) is 16.9. The van der Waals surface area contributed by atoms with E-state index in [4.69, 9.17) is 4.74 Å². The maximum Gasteiger partial charge on any atom is 0.241 e. The number of carbonyl (C=O) groups excluding carboxylic acids is 1. The van der Waals surface area contributed by atoms with Crippen molar-refractivity contribution in [3.05, 3.63) is 59.7 Å². The van der Waals surface area contributed by atoms with Crippen LogP contribution in [0.1, 0.15) is 18.1 Å². The highest BCUT2D eigenvalue weighted by molar-refractivity contribution is 7.92. The molecule has 0 saturated carbocycles. The third kappa shape index (κ3) is 6.29. The van der Waals surface area contributed by atoms with Crippen LogP contribution in [0.25, 0.3) is 0 Å². The summed E-state index contributed by atoms with van der Waals surface area (Å²) in [5.74, 6) is 0.336. The first-order valence-electron chi connectivity index (χ1n) is 8.69. The minimum Gasteiger partial charge on any atom is -0.491 e. The Labute approximate surface area is 161 Å². The highest BCUT2D eigenvalue weighted by Gasteiger charge is 2.22. The van der Waals surface area contributed by atoms with Crippen LogP contribution >= 0.6 is 0 Å². The van der Waals surface area contributed by atoms with Crippen molar-refractivity contribution in [2.45, 2.75) is 26.8 Å². The molecule has 0 spiro atoms. The Morgan fingerprint density at radius 1 is 1.11 bits per heavy atom. The van der Waals surface area contributed by atoms with Crippen LogP contribution < -0.4 is 14.4 Å². The second-order valence-corrected chi connectivity index (χ2v) is 8.56. The van der Waals surface area contributed by atoms with Crippen LogP contribution in [0.3, 0.4) is 0 Å². The number of para-hydroxylation sites is 1. The number of amides is 1. The zero-order chi connectivity index (χ0) is 20.0. The average Bonchev–Trinajstić information content (AvgIpc) is 2.59. The lowest BCUT2D eigenvalue weighted by Crippen LogP contribution is -2.45. The molecular weight excluding hydrogens is 364 g/mol. The van der Waals surface area contributed by atoms with E-state index in [2.05, 4.69) is 5.32 Å². The quantitative estimate of drug-likeness (QED) is 0.752. The maximum absolute atomic E-state index is 12.4. The Balaban J connectivity index is 1.97. The summed E-state index contributed by atoms with van der Waals surface area (Å²) < 4.78 is 31.1. The van der Waals surface area contributed by atoms with Crippen LogP contribution in [0, 0.1) is 13.8 Å². The monoisotopic (exact) mass is 390 g/mol. The number of nitrogens with one attached hydrogen (secondary N) is 1. The molecule has 1 N–H and O–H groups in total. The SMILES string of the molecule is Cc1ccc(OC[C@@H](C)NC(=O)CN(c2ccccc2C)S(C)(=O)=O)cc1. The van der Waals surface area contributed by atoms with E-state index in [9.17, 15) is 13.2 Å². The van der Waals surface area contributed by atoms with Gasteiger partial charge in [0.25, 0.3) is 0 Å². The smallest absolute Gasteiger partial charge is 0.241 e. The third-order valence-electron chi connectivity index (χ3n) is 4.00. The molecule has 0 radical (unpaired) electrons. The van der Waals surface area contributed by atoms with Crippen molar-refractivity contribution in [2.75, 3.05) is 23.7 Å². The largest absolute Gasteiger partial charge is 0.491 e. The number of rotatable bonds is 8. The molecule has 0 aliphatic carbocycles. The summed E-state index contributed by atoms with van der Waals surface area (Å²) in [5.41, 5.74) is 2.42. The van der Waals surface area contributed by atoms with Gasteiger partial charge in [-0.15, -0.1) is 0 Å². The van der Waals surface area contributed by atoms with E-state index in [0.717, 1.165) is 27.4 Å². The minimum absolute atomic E-state index is 0.267. The van der Waals surface area contributed by atoms with Crippen molar-refractivity contribution in [2.24, 2.45) is 0 Å². The Morgan fingerprint density at radius 2 is 1.74 bits per heavy atom. The van der Waals surface area contributed by atoms with E-state index in [-0.39, 0.29) is 25.1 Å². The van der Waals surface area contributed by atoms with Crippen molar-refractivity contribution in [3.63, 3.8) is 0 Å². The number of hydrogen-bond acceptors (Lipinski definition) is 4. The molecule has 0 heterocycles. The summed E-state index contributed by atoms with van der Waals surface area (Å²) in [6, 6.07) is 14.4. The Bertz CT molecular complexity index is 879. The highest BCUT2D eigenvalue weighted by Crippen LogP contribution is 2.21. The summed E-state index contributed by atoms with van der Waals surface area (Å²) in [5, 5.41) is 2.78. The van der Waals surface area contributed by atoms with Crippen LogP contribution in [0.5, 0.6) is 5.75 Å². The molecule has 7 heteroatoms. The van der Waals surface area contributed by atoms with Gasteiger partial charge in [0, 0.05) is 0 Å². The molecule has 0 aliphatic heterocycles. The van der Waals surface area contributed by atoms with Crippen LogP contribution in [-0.4, -0.2) is 39.8 Å². The molecule has 146 valence electrons. The van der Waals surface area contributed by atoms with Gasteiger partial charge >= 0.3 is 0 Å². The number of benzene rings is 2. The van der Waals surface area contributed by atoms with E-state index >= 15 is 0 Å². The average molecular weight is 391 g/mol. The minimum atomic E-state index is -3.59. The molecular formula is C20H26N2O4S. The lowest BCUT2D eigenvalue weighted by molar-refractivity contribution is -0.120. The van der Waals surface area contributed by atoms with Crippen LogP contribution in [0.15, 0.2) is 48.5 Å². The topological polar surface area (TPSA) is 75.7 Å². The highest BCUT2D eigenvalue weighted by atomic mass is 32.2. The number of hydrogen-bond donors (Lipinski definition) is 1. The summed E-state index contributed by atoms with van der Waals surface area (Å²) in [6.45, 7) is 5.62. The third-order valence-corrected chi connectivity index (χ3v) is 5.13. The van der Waals surface area contributed by atoms with Crippen molar-refractivity contribution >= 4 is 21.6 Å². The normalized spacial score (nSPS) is 12.3. The number of anilines is 1. The molecule has 2 rings (SSSR count). The van der Waals surface area contributed by atoms with Gasteiger partial charge in [-0.05, 0) is 44.5 Å². The van der Waals surface area contributed by atoms with Gasteiger partial charge in [0.2, 0.25) is 15.9 Å². The number of sulfonamides is 1. The fraction of sp³-hybridized carbons (Fsp3) is 0.350. The van der Waals surface area contributed by atoms with Crippen LogP contribution in [0.2, 0.25) is 0 Å². The number of ether oxygens (including phenoxy) is 1. The molecule has 27 heavy (non-hydrogen) atoms. The molecule has 0 aromatic heterocycles. The summed E-state index contributed by atoms with van der Waals surface area (Å²) in [7, 11) is -3.59. The van der Waals surface area contributed by atoms with Crippen LogP contribution in [0.4, 0.5) is 5.69 Å². The van der Waals surface area contributed by atoms with Gasteiger partial charge in [-0.1, -0.05) is 35.9 Å². The Morgan fingerprint density at radius 3 is 2.33 bits per heavy atom. The molecule has 2 aromatic rings. The van der Waals surface area contributed by atoms with Gasteiger partial charge < -0.3 is 10.1 Å². The van der Waals surface area contributed by atoms with Gasteiger partial charge in [0.1, 0.15) is 18.9 Å². The first-order valence-corrected chi connectivity index (χ1v) is 10.5. The fourth-order valence-electron chi connectivity index (χ4n) is 2.57. The van der Waals surface area contributed by atoms with Gasteiger partial charge in [0.15, 0.2) is 0 Å². The maximum atomic E-state index is 12.4. The summed E-state index contributed by atoms with van der Waals surface area (Å²) in [4.78, 5) is 12.4. The lowest BCUT2D eigenvalue weighted by atomic mass is 10.2.